The molecule has 0 atom stereocenters. The summed E-state index contributed by atoms with van der Waals surface area (Å²) in [6, 6.07) is 12.8. The molecule has 0 N–H and O–H groups in total. The molecule has 2 nitrogen and oxygen atoms in total. The first-order valence-corrected chi connectivity index (χ1v) is 8.57. The van der Waals surface area contributed by atoms with Crippen LogP contribution in [0.2, 0.25) is 5.02 Å². The van der Waals surface area contributed by atoms with Gasteiger partial charge in [-0.1, -0.05) is 64.6 Å². The third-order valence-corrected chi connectivity index (χ3v) is 6.07. The molecule has 0 fully saturated rings. The van der Waals surface area contributed by atoms with Gasteiger partial charge in [0.15, 0.2) is 4.36 Å². The number of benzene rings is 2. The fraction of sp³-hybridized carbons (Fsp3) is 0.0667. The number of rotatable bonds is 3. The molecule has 2 aromatic rings. The highest BCUT2D eigenvalue weighted by atomic mass is 35.5. The molecule has 0 aliphatic heterocycles. The Bertz CT molecular complexity index is 777. The molecule has 0 aromatic heterocycles. The van der Waals surface area contributed by atoms with Crippen molar-refractivity contribution in [2.75, 3.05) is 0 Å². The van der Waals surface area contributed by atoms with Crippen LogP contribution in [0.3, 0.4) is 0 Å². The fourth-order valence-electron chi connectivity index (χ4n) is 1.65. The minimum Gasteiger partial charge on any atom is -0.218 e. The third kappa shape index (κ3) is 3.61. The zero-order valence-corrected chi connectivity index (χ0v) is 14.1. The van der Waals surface area contributed by atoms with E-state index >= 15 is 0 Å². The van der Waals surface area contributed by atoms with Crippen LogP contribution in [0.4, 0.5) is 0 Å². The first-order chi connectivity index (χ1) is 9.82. The van der Waals surface area contributed by atoms with E-state index in [-0.39, 0.29) is 9.93 Å². The van der Waals surface area contributed by atoms with Crippen LogP contribution in [-0.2, 0) is 9.84 Å². The number of aryl methyl sites for hydroxylation is 1. The van der Waals surface area contributed by atoms with Crippen molar-refractivity contribution >= 4 is 49.7 Å². The Hall–Kier alpha value is -1.00. The summed E-state index contributed by atoms with van der Waals surface area (Å²) in [4.78, 5) is 0.0437. The van der Waals surface area contributed by atoms with Gasteiger partial charge in [-0.2, -0.15) is 0 Å². The molecule has 0 unspecified atom stereocenters. The molecule has 0 aliphatic rings. The topological polar surface area (TPSA) is 34.1 Å². The van der Waals surface area contributed by atoms with Gasteiger partial charge in [-0.05, 0) is 36.8 Å². The predicted octanol–water partition coefficient (Wildman–Crippen LogP) is 5.23. The van der Waals surface area contributed by atoms with Crippen LogP contribution in [0.1, 0.15) is 11.1 Å². The minimum absolute atomic E-state index is 0.00776. The van der Waals surface area contributed by atoms with Gasteiger partial charge >= 0.3 is 0 Å². The third-order valence-electron chi connectivity index (χ3n) is 2.84. The molecule has 21 heavy (non-hydrogen) atoms. The molecule has 110 valence electrons. The van der Waals surface area contributed by atoms with Gasteiger partial charge in [0.2, 0.25) is 9.84 Å². The average Bonchev–Trinajstić information content (AvgIpc) is 2.47. The second-order valence-electron chi connectivity index (χ2n) is 4.41. The minimum atomic E-state index is -3.86. The maximum Gasteiger partial charge on any atom is 0.218 e. The maximum atomic E-state index is 12.4. The highest BCUT2D eigenvalue weighted by Gasteiger charge is 2.23. The Labute approximate surface area is 138 Å². The lowest BCUT2D eigenvalue weighted by Gasteiger charge is -2.07. The number of hydrogen-bond donors (Lipinski definition) is 0. The second-order valence-corrected chi connectivity index (χ2v) is 7.71. The highest BCUT2D eigenvalue weighted by molar-refractivity contribution is 7.97. The summed E-state index contributed by atoms with van der Waals surface area (Å²) in [6.07, 6.45) is 0. The van der Waals surface area contributed by atoms with E-state index in [1.165, 1.54) is 24.3 Å². The van der Waals surface area contributed by atoms with Gasteiger partial charge in [0.1, 0.15) is 0 Å². The van der Waals surface area contributed by atoms with Crippen LogP contribution < -0.4 is 0 Å². The lowest BCUT2D eigenvalue weighted by Crippen LogP contribution is -2.02. The molecule has 0 radical (unpaired) electrons. The van der Waals surface area contributed by atoms with E-state index in [1.54, 1.807) is 12.1 Å². The molecule has 2 aromatic carbocycles. The lowest BCUT2D eigenvalue weighted by molar-refractivity contribution is 0.604. The van der Waals surface area contributed by atoms with Crippen molar-refractivity contribution in [3.05, 3.63) is 69.0 Å². The van der Waals surface area contributed by atoms with Crippen molar-refractivity contribution in [3.63, 3.8) is 0 Å². The Kier molecular flexibility index (Phi) is 4.99. The zero-order chi connectivity index (χ0) is 15.6. The molecule has 6 heteroatoms. The summed E-state index contributed by atoms with van der Waals surface area (Å²) in [5.41, 5.74) is 1.59. The van der Waals surface area contributed by atoms with Crippen LogP contribution in [0.15, 0.2) is 57.8 Å². The smallest absolute Gasteiger partial charge is 0.218 e. The van der Waals surface area contributed by atoms with Crippen LogP contribution >= 0.6 is 34.8 Å². The second kappa shape index (κ2) is 6.41. The van der Waals surface area contributed by atoms with Crippen molar-refractivity contribution in [2.45, 2.75) is 11.8 Å². The number of hydrogen-bond acceptors (Lipinski definition) is 2. The predicted molar refractivity (Wildman–Crippen MR) is 88.4 cm³/mol. The molecule has 0 aliphatic carbocycles. The molecular weight excluding hydrogens is 351 g/mol. The summed E-state index contributed by atoms with van der Waals surface area (Å²) in [5, 5.41) is 0.435. The summed E-state index contributed by atoms with van der Waals surface area (Å²) in [5.74, 6) is 0. The summed E-state index contributed by atoms with van der Waals surface area (Å²) >= 11 is 17.9. The van der Waals surface area contributed by atoms with Crippen molar-refractivity contribution in [2.24, 2.45) is 0 Å². The van der Waals surface area contributed by atoms with Crippen LogP contribution in [0, 0.1) is 6.92 Å². The average molecular weight is 362 g/mol. The van der Waals surface area contributed by atoms with Gasteiger partial charge in [-0.15, -0.1) is 0 Å². The molecule has 2 rings (SSSR count). The molecule has 0 spiro atoms. The van der Waals surface area contributed by atoms with Crippen molar-refractivity contribution in [1.82, 2.24) is 0 Å². The van der Waals surface area contributed by atoms with Crippen LogP contribution in [0.5, 0.6) is 0 Å². The summed E-state index contributed by atoms with van der Waals surface area (Å²) in [7, 11) is -3.86. The van der Waals surface area contributed by atoms with Gasteiger partial charge in [-0.25, -0.2) is 8.42 Å². The monoisotopic (exact) mass is 360 g/mol. The van der Waals surface area contributed by atoms with Crippen LogP contribution in [-0.4, -0.2) is 8.42 Å². The first-order valence-electron chi connectivity index (χ1n) is 5.95. The van der Waals surface area contributed by atoms with Gasteiger partial charge < -0.3 is 0 Å². The molecule has 0 saturated heterocycles. The van der Waals surface area contributed by atoms with E-state index in [9.17, 15) is 8.42 Å². The Balaban J connectivity index is 2.50. The Morgan fingerprint density at radius 2 is 1.43 bits per heavy atom. The van der Waals surface area contributed by atoms with E-state index in [0.717, 1.165) is 5.56 Å². The number of sulfone groups is 1. The van der Waals surface area contributed by atoms with E-state index in [2.05, 4.69) is 0 Å². The Morgan fingerprint density at radius 1 is 0.905 bits per heavy atom. The number of halogens is 3. The standard InChI is InChI=1S/C15H11Cl3O2S/c1-10-2-4-11(5-3-10)14(17)15(18)21(19,20)13-8-6-12(16)7-9-13/h2-9H,1H3/b15-14+. The maximum absolute atomic E-state index is 12.4. The molecule has 0 bridgehead atoms. The van der Waals surface area contributed by atoms with Crippen LogP contribution in [0.25, 0.3) is 5.03 Å². The first kappa shape index (κ1) is 16.4. The van der Waals surface area contributed by atoms with Gasteiger partial charge in [0, 0.05) is 5.02 Å². The highest BCUT2D eigenvalue weighted by Crippen LogP contribution is 2.33. The lowest BCUT2D eigenvalue weighted by atomic mass is 10.1. The molecule has 0 amide bonds. The molecular formula is C15H11Cl3O2S. The van der Waals surface area contributed by atoms with E-state index in [4.69, 9.17) is 34.8 Å². The molecule has 0 heterocycles. The van der Waals surface area contributed by atoms with Gasteiger partial charge in [0.25, 0.3) is 0 Å². The summed E-state index contributed by atoms with van der Waals surface area (Å²) in [6.45, 7) is 1.92. The zero-order valence-electron chi connectivity index (χ0n) is 11.0. The Morgan fingerprint density at radius 3 is 1.95 bits per heavy atom. The largest absolute Gasteiger partial charge is 0.218 e. The van der Waals surface area contributed by atoms with Gasteiger partial charge in [-0.3, -0.25) is 0 Å². The van der Waals surface area contributed by atoms with E-state index in [1.807, 2.05) is 19.1 Å². The van der Waals surface area contributed by atoms with Crippen molar-refractivity contribution in [1.29, 1.82) is 0 Å². The summed E-state index contributed by atoms with van der Waals surface area (Å²) < 4.78 is 24.4. The molecule has 0 saturated carbocycles. The van der Waals surface area contributed by atoms with Crippen molar-refractivity contribution < 1.29 is 8.42 Å². The normalized spacial score (nSPS) is 13.0. The fourth-order valence-corrected chi connectivity index (χ4v) is 3.64. The SMILES string of the molecule is Cc1ccc(/C(Cl)=C(/Cl)S(=O)(=O)c2ccc(Cl)cc2)cc1. The van der Waals surface area contributed by atoms with E-state index < -0.39 is 14.2 Å². The van der Waals surface area contributed by atoms with E-state index in [0.29, 0.717) is 10.6 Å². The quantitative estimate of drug-likeness (QED) is 0.750. The van der Waals surface area contributed by atoms with Crippen molar-refractivity contribution in [3.8, 4) is 0 Å². The van der Waals surface area contributed by atoms with Gasteiger partial charge in [0.05, 0.1) is 9.93 Å².